The zero-order valence-electron chi connectivity index (χ0n) is 13.2. The molecule has 1 aliphatic rings. The predicted molar refractivity (Wildman–Crippen MR) is 91.9 cm³/mol. The predicted octanol–water partition coefficient (Wildman–Crippen LogP) is 2.48. The van der Waals surface area contributed by atoms with Gasteiger partial charge in [0, 0.05) is 66.8 Å². The van der Waals surface area contributed by atoms with Crippen LogP contribution in [0.25, 0.3) is 10.9 Å². The Bertz CT molecular complexity index is 774. The molecular weight excluding hydrogens is 328 g/mol. The second kappa shape index (κ2) is 7.22. The third-order valence-electron chi connectivity index (χ3n) is 4.52. The number of nitrogens with zero attached hydrogens (tertiary/aromatic N) is 3. The molecule has 0 aliphatic carbocycles. The molecular formula is C17H19ClN4O2. The van der Waals surface area contributed by atoms with Crippen molar-refractivity contribution in [3.8, 4) is 6.07 Å². The second-order valence-corrected chi connectivity index (χ2v) is 6.40. The fraction of sp³-hybridized carbons (Fsp3) is 0.412. The van der Waals surface area contributed by atoms with Crippen LogP contribution < -0.4 is 0 Å². The van der Waals surface area contributed by atoms with Gasteiger partial charge in [-0.3, -0.25) is 14.6 Å². The molecule has 126 valence electrons. The number of fused-ring (bicyclic) bond motifs is 1. The maximum absolute atomic E-state index is 11.9. The number of nitriles is 1. The van der Waals surface area contributed by atoms with E-state index in [0.29, 0.717) is 24.5 Å². The van der Waals surface area contributed by atoms with Crippen LogP contribution in [0.4, 0.5) is 0 Å². The highest BCUT2D eigenvalue weighted by Gasteiger charge is 2.32. The lowest BCUT2D eigenvalue weighted by Gasteiger charge is -2.37. The first-order valence-electron chi connectivity index (χ1n) is 7.93. The molecule has 0 bridgehead atoms. The summed E-state index contributed by atoms with van der Waals surface area (Å²) in [5, 5.41) is 19.9. The molecule has 0 amide bonds. The number of aromatic nitrogens is 1. The van der Waals surface area contributed by atoms with Crippen LogP contribution >= 0.6 is 11.6 Å². The number of aromatic amines is 1. The van der Waals surface area contributed by atoms with E-state index in [2.05, 4.69) is 16.0 Å². The van der Waals surface area contributed by atoms with Gasteiger partial charge in [0.1, 0.15) is 6.04 Å². The number of carbonyl (C=O) groups is 1. The highest BCUT2D eigenvalue weighted by Crippen LogP contribution is 2.31. The van der Waals surface area contributed by atoms with Gasteiger partial charge in [0.05, 0.1) is 6.07 Å². The Morgan fingerprint density at radius 3 is 2.79 bits per heavy atom. The topological polar surface area (TPSA) is 83.4 Å². The fourth-order valence-electron chi connectivity index (χ4n) is 3.28. The molecule has 6 nitrogen and oxygen atoms in total. The Labute approximate surface area is 145 Å². The zero-order chi connectivity index (χ0) is 17.1. The van der Waals surface area contributed by atoms with Crippen molar-refractivity contribution in [3.05, 3.63) is 35.0 Å². The van der Waals surface area contributed by atoms with Crippen molar-refractivity contribution in [3.63, 3.8) is 0 Å². The van der Waals surface area contributed by atoms with Gasteiger partial charge >= 0.3 is 5.97 Å². The quantitative estimate of drug-likeness (QED) is 0.869. The third-order valence-corrected chi connectivity index (χ3v) is 4.75. The van der Waals surface area contributed by atoms with E-state index in [1.165, 1.54) is 0 Å². The number of carboxylic acids is 1. The zero-order valence-corrected chi connectivity index (χ0v) is 14.0. The Morgan fingerprint density at radius 2 is 2.12 bits per heavy atom. The summed E-state index contributed by atoms with van der Waals surface area (Å²) in [7, 11) is 0. The van der Waals surface area contributed by atoms with Gasteiger partial charge in [-0.05, 0) is 18.2 Å². The average Bonchev–Trinajstić information content (AvgIpc) is 2.97. The first kappa shape index (κ1) is 16.8. The molecule has 7 heteroatoms. The number of rotatable bonds is 5. The summed E-state index contributed by atoms with van der Waals surface area (Å²) >= 11 is 6.08. The van der Waals surface area contributed by atoms with Crippen molar-refractivity contribution >= 4 is 28.5 Å². The number of H-pyrrole nitrogens is 1. The lowest BCUT2D eigenvalue weighted by Crippen LogP contribution is -2.49. The normalized spacial score (nSPS) is 17.7. The van der Waals surface area contributed by atoms with Gasteiger partial charge in [-0.2, -0.15) is 5.26 Å². The third kappa shape index (κ3) is 3.39. The number of benzene rings is 1. The molecule has 0 saturated carbocycles. The summed E-state index contributed by atoms with van der Waals surface area (Å²) in [4.78, 5) is 19.2. The number of nitrogens with one attached hydrogen (secondary N) is 1. The Balaban J connectivity index is 1.82. The van der Waals surface area contributed by atoms with E-state index in [0.717, 1.165) is 36.1 Å². The molecule has 0 unspecified atom stereocenters. The number of hydrogen-bond donors (Lipinski definition) is 2. The number of hydrogen-bond acceptors (Lipinski definition) is 4. The SMILES string of the molecule is N#CCCN1CCN([C@H](C(=O)O)c2c[nH]c3ccc(Cl)cc23)CC1. The van der Waals surface area contributed by atoms with Crippen LogP contribution in [0, 0.1) is 11.3 Å². The Kier molecular flexibility index (Phi) is 5.05. The van der Waals surface area contributed by atoms with Crippen LogP contribution in [-0.2, 0) is 4.79 Å². The van der Waals surface area contributed by atoms with E-state index < -0.39 is 12.0 Å². The Hall–Kier alpha value is -2.07. The van der Waals surface area contributed by atoms with Gasteiger partial charge < -0.3 is 10.1 Å². The Morgan fingerprint density at radius 1 is 1.38 bits per heavy atom. The minimum atomic E-state index is -0.860. The van der Waals surface area contributed by atoms with E-state index >= 15 is 0 Å². The monoisotopic (exact) mass is 346 g/mol. The van der Waals surface area contributed by atoms with Gasteiger partial charge in [0.2, 0.25) is 0 Å². The molecule has 1 fully saturated rings. The first-order valence-corrected chi connectivity index (χ1v) is 8.30. The van der Waals surface area contributed by atoms with Gasteiger partial charge in [-0.25, -0.2) is 0 Å². The lowest BCUT2D eigenvalue weighted by atomic mass is 10.0. The minimum absolute atomic E-state index is 0.503. The molecule has 0 radical (unpaired) electrons. The maximum Gasteiger partial charge on any atom is 0.325 e. The van der Waals surface area contributed by atoms with Gasteiger partial charge in [0.15, 0.2) is 0 Å². The van der Waals surface area contributed by atoms with Crippen molar-refractivity contribution in [1.82, 2.24) is 14.8 Å². The molecule has 2 N–H and O–H groups in total. The summed E-state index contributed by atoms with van der Waals surface area (Å²) < 4.78 is 0. The summed E-state index contributed by atoms with van der Waals surface area (Å²) in [5.74, 6) is -0.860. The lowest BCUT2D eigenvalue weighted by molar-refractivity contribution is -0.144. The van der Waals surface area contributed by atoms with Crippen molar-refractivity contribution in [2.45, 2.75) is 12.5 Å². The second-order valence-electron chi connectivity index (χ2n) is 5.96. The van der Waals surface area contributed by atoms with Crippen LogP contribution in [-0.4, -0.2) is 58.6 Å². The number of aliphatic carboxylic acids is 1. The minimum Gasteiger partial charge on any atom is -0.480 e. The largest absolute Gasteiger partial charge is 0.480 e. The van der Waals surface area contributed by atoms with Gasteiger partial charge in [0.25, 0.3) is 0 Å². The van der Waals surface area contributed by atoms with E-state index in [1.807, 2.05) is 17.0 Å². The first-order chi connectivity index (χ1) is 11.6. The molecule has 3 rings (SSSR count). The molecule has 2 aromatic rings. The van der Waals surface area contributed by atoms with Gasteiger partial charge in [-0.1, -0.05) is 11.6 Å². The number of piperazine rings is 1. The van der Waals surface area contributed by atoms with E-state index in [1.54, 1.807) is 12.3 Å². The summed E-state index contributed by atoms with van der Waals surface area (Å²) in [6, 6.07) is 6.90. The van der Waals surface area contributed by atoms with E-state index in [9.17, 15) is 9.90 Å². The fourth-order valence-corrected chi connectivity index (χ4v) is 3.45. The molecule has 2 heterocycles. The van der Waals surface area contributed by atoms with Crippen molar-refractivity contribution in [2.75, 3.05) is 32.7 Å². The average molecular weight is 347 g/mol. The molecule has 24 heavy (non-hydrogen) atoms. The molecule has 1 aromatic heterocycles. The van der Waals surface area contributed by atoms with Crippen LogP contribution in [0.5, 0.6) is 0 Å². The highest BCUT2D eigenvalue weighted by atomic mass is 35.5. The van der Waals surface area contributed by atoms with Crippen LogP contribution in [0.2, 0.25) is 5.02 Å². The highest BCUT2D eigenvalue weighted by molar-refractivity contribution is 6.31. The maximum atomic E-state index is 11.9. The molecule has 0 spiro atoms. The van der Waals surface area contributed by atoms with E-state index in [4.69, 9.17) is 16.9 Å². The van der Waals surface area contributed by atoms with E-state index in [-0.39, 0.29) is 0 Å². The van der Waals surface area contributed by atoms with Crippen molar-refractivity contribution in [1.29, 1.82) is 5.26 Å². The molecule has 1 aromatic carbocycles. The molecule has 1 atom stereocenters. The standard InChI is InChI=1S/C17H19ClN4O2/c18-12-2-3-15-13(10-12)14(11-20-15)16(17(23)24)22-8-6-21(7-9-22)5-1-4-19/h2-3,10-11,16,20H,1,5-9H2,(H,23,24)/t16-/m0/s1. The van der Waals surface area contributed by atoms with Gasteiger partial charge in [-0.15, -0.1) is 0 Å². The van der Waals surface area contributed by atoms with Crippen molar-refractivity contribution < 1.29 is 9.90 Å². The smallest absolute Gasteiger partial charge is 0.325 e. The number of carboxylic acid groups (broad SMARTS) is 1. The molecule has 1 aliphatic heterocycles. The summed E-state index contributed by atoms with van der Waals surface area (Å²) in [6.45, 7) is 3.61. The van der Waals surface area contributed by atoms with Crippen molar-refractivity contribution in [2.24, 2.45) is 0 Å². The summed E-state index contributed by atoms with van der Waals surface area (Å²) in [5.41, 5.74) is 1.62. The van der Waals surface area contributed by atoms with Crippen LogP contribution in [0.1, 0.15) is 18.0 Å². The summed E-state index contributed by atoms with van der Waals surface area (Å²) in [6.07, 6.45) is 2.27. The molecule has 1 saturated heterocycles. The van der Waals surface area contributed by atoms with Crippen LogP contribution in [0.3, 0.4) is 0 Å². The van der Waals surface area contributed by atoms with Crippen LogP contribution in [0.15, 0.2) is 24.4 Å². The number of halogens is 1.